The Morgan fingerprint density at radius 2 is 1.76 bits per heavy atom. The minimum Gasteiger partial charge on any atom is -0.481 e. The van der Waals surface area contributed by atoms with E-state index < -0.39 is 32.4 Å². The van der Waals surface area contributed by atoms with Gasteiger partial charge in [0.25, 0.3) is 0 Å². The van der Waals surface area contributed by atoms with Crippen LogP contribution in [0.1, 0.15) is 11.5 Å². The molecule has 0 spiro atoms. The van der Waals surface area contributed by atoms with Gasteiger partial charge in [0.1, 0.15) is 5.41 Å². The number of benzene rings is 2. The number of halogens is 1. The molecule has 0 amide bonds. The molecular formula is C18H17BrO5S. The first-order valence-electron chi connectivity index (χ1n) is 7.62. The van der Waals surface area contributed by atoms with Gasteiger partial charge in [0.2, 0.25) is 0 Å². The van der Waals surface area contributed by atoms with Crippen molar-refractivity contribution in [2.45, 2.75) is 16.1 Å². The van der Waals surface area contributed by atoms with E-state index in [9.17, 15) is 18.3 Å². The number of ether oxygens (including phenoxy) is 1. The number of carbonyl (C=O) groups is 1. The Hall–Kier alpha value is -1.70. The van der Waals surface area contributed by atoms with E-state index in [2.05, 4.69) is 15.9 Å². The summed E-state index contributed by atoms with van der Waals surface area (Å²) in [5.74, 6) is -1.82. The second kappa shape index (κ2) is 6.55. The molecular weight excluding hydrogens is 408 g/mol. The number of aliphatic carboxylic acids is 1. The Morgan fingerprint density at radius 1 is 1.16 bits per heavy atom. The number of hydrogen-bond donors (Lipinski definition) is 1. The lowest BCUT2D eigenvalue weighted by molar-refractivity contribution is -0.145. The maximum absolute atomic E-state index is 13.1. The minimum atomic E-state index is -3.82. The van der Waals surface area contributed by atoms with Crippen LogP contribution in [0.15, 0.2) is 64.0 Å². The third kappa shape index (κ3) is 2.90. The van der Waals surface area contributed by atoms with Crippen LogP contribution < -0.4 is 0 Å². The molecule has 0 aromatic heterocycles. The molecule has 1 aliphatic carbocycles. The zero-order valence-electron chi connectivity index (χ0n) is 13.4. The Morgan fingerprint density at radius 3 is 2.28 bits per heavy atom. The van der Waals surface area contributed by atoms with E-state index in [4.69, 9.17) is 4.74 Å². The molecule has 0 heterocycles. The lowest BCUT2D eigenvalue weighted by Gasteiger charge is -2.12. The fourth-order valence-electron chi connectivity index (χ4n) is 3.49. The topological polar surface area (TPSA) is 80.7 Å². The first kappa shape index (κ1) is 18.1. The van der Waals surface area contributed by atoms with Gasteiger partial charge in [-0.15, -0.1) is 0 Å². The molecule has 3 rings (SSSR count). The normalized spacial score (nSPS) is 25.5. The van der Waals surface area contributed by atoms with Crippen molar-refractivity contribution in [2.75, 3.05) is 13.7 Å². The van der Waals surface area contributed by atoms with Gasteiger partial charge in [-0.2, -0.15) is 0 Å². The molecule has 2 aromatic rings. The Bertz CT molecular complexity index is 879. The van der Waals surface area contributed by atoms with Crippen molar-refractivity contribution in [1.82, 2.24) is 0 Å². The molecule has 0 aliphatic heterocycles. The van der Waals surface area contributed by atoms with Crippen LogP contribution in [0.5, 0.6) is 0 Å². The number of carboxylic acid groups (broad SMARTS) is 1. The van der Waals surface area contributed by atoms with Crippen molar-refractivity contribution in [3.05, 3.63) is 64.6 Å². The fraction of sp³-hybridized carbons (Fsp3) is 0.278. The number of rotatable bonds is 6. The SMILES string of the molecule is COC[C@@]1(C(=O)O)[C@H](c2ccc(Br)cc2)[C@@H]1S(=O)(=O)c1ccccc1. The molecule has 0 bridgehead atoms. The summed E-state index contributed by atoms with van der Waals surface area (Å²) in [6.45, 7) is -0.167. The quantitative estimate of drug-likeness (QED) is 0.770. The molecule has 0 radical (unpaired) electrons. The number of methoxy groups -OCH3 is 1. The monoisotopic (exact) mass is 424 g/mol. The Balaban J connectivity index is 2.12. The summed E-state index contributed by atoms with van der Waals surface area (Å²) in [4.78, 5) is 12.2. The first-order valence-corrected chi connectivity index (χ1v) is 9.96. The van der Waals surface area contributed by atoms with Gasteiger partial charge in [0.05, 0.1) is 16.8 Å². The highest BCUT2D eigenvalue weighted by Gasteiger charge is 2.76. The van der Waals surface area contributed by atoms with Crippen LogP contribution in [0.25, 0.3) is 0 Å². The average Bonchev–Trinajstić information content (AvgIpc) is 3.28. The van der Waals surface area contributed by atoms with Crippen LogP contribution in [0, 0.1) is 5.41 Å². The maximum atomic E-state index is 13.1. The zero-order chi connectivity index (χ0) is 18.2. The van der Waals surface area contributed by atoms with Crippen molar-refractivity contribution >= 4 is 31.7 Å². The van der Waals surface area contributed by atoms with E-state index in [1.807, 2.05) is 0 Å². The van der Waals surface area contributed by atoms with E-state index >= 15 is 0 Å². The van der Waals surface area contributed by atoms with Crippen LogP contribution in [0.3, 0.4) is 0 Å². The van der Waals surface area contributed by atoms with Gasteiger partial charge in [-0.05, 0) is 29.8 Å². The summed E-state index contributed by atoms with van der Waals surface area (Å²) in [5.41, 5.74) is -0.816. The number of hydrogen-bond acceptors (Lipinski definition) is 4. The second-order valence-electron chi connectivity index (χ2n) is 6.09. The summed E-state index contributed by atoms with van der Waals surface area (Å²) in [6.07, 6.45) is 0. The minimum absolute atomic E-state index is 0.126. The van der Waals surface area contributed by atoms with Gasteiger partial charge in [-0.25, -0.2) is 8.42 Å². The third-order valence-corrected chi connectivity index (χ3v) is 7.49. The molecule has 5 nitrogen and oxygen atoms in total. The van der Waals surface area contributed by atoms with Crippen molar-refractivity contribution < 1.29 is 23.1 Å². The van der Waals surface area contributed by atoms with Gasteiger partial charge in [-0.1, -0.05) is 46.3 Å². The lowest BCUT2D eigenvalue weighted by Crippen LogP contribution is -2.28. The van der Waals surface area contributed by atoms with E-state index in [-0.39, 0.29) is 11.5 Å². The van der Waals surface area contributed by atoms with Crippen molar-refractivity contribution in [2.24, 2.45) is 5.41 Å². The van der Waals surface area contributed by atoms with Gasteiger partial charge in [0, 0.05) is 17.5 Å². The van der Waals surface area contributed by atoms with Gasteiger partial charge < -0.3 is 9.84 Å². The summed E-state index contributed by atoms with van der Waals surface area (Å²) in [5, 5.41) is 8.78. The first-order chi connectivity index (χ1) is 11.9. The van der Waals surface area contributed by atoms with E-state index in [0.29, 0.717) is 5.56 Å². The van der Waals surface area contributed by atoms with Crippen LogP contribution in [-0.4, -0.2) is 38.5 Å². The predicted molar refractivity (Wildman–Crippen MR) is 96.2 cm³/mol. The van der Waals surface area contributed by atoms with Crippen LogP contribution >= 0.6 is 15.9 Å². The van der Waals surface area contributed by atoms with E-state index in [1.54, 1.807) is 42.5 Å². The fourth-order valence-corrected chi connectivity index (χ4v) is 6.13. The standard InChI is InChI=1S/C18H17BrO5S/c1-24-11-18(17(20)21)15(12-7-9-13(19)10-8-12)16(18)25(22,23)14-5-3-2-4-6-14/h2-10,15-16H,11H2,1H3,(H,20,21)/t15-,16+,18-/m1/s1. The van der Waals surface area contributed by atoms with Gasteiger partial charge >= 0.3 is 5.97 Å². The lowest BCUT2D eigenvalue weighted by atomic mass is 10.0. The third-order valence-electron chi connectivity index (χ3n) is 4.67. The molecule has 1 saturated carbocycles. The van der Waals surface area contributed by atoms with Crippen LogP contribution in [0.2, 0.25) is 0 Å². The molecule has 3 atom stereocenters. The van der Waals surface area contributed by atoms with Crippen molar-refractivity contribution in [1.29, 1.82) is 0 Å². The van der Waals surface area contributed by atoms with Gasteiger partial charge in [0.15, 0.2) is 9.84 Å². The Labute approximate surface area is 154 Å². The highest BCUT2D eigenvalue weighted by Crippen LogP contribution is 2.64. The summed E-state index contributed by atoms with van der Waals surface area (Å²) in [6, 6.07) is 15.0. The molecule has 7 heteroatoms. The number of sulfone groups is 1. The zero-order valence-corrected chi connectivity index (χ0v) is 15.8. The van der Waals surface area contributed by atoms with Crippen molar-refractivity contribution in [3.8, 4) is 0 Å². The van der Waals surface area contributed by atoms with Crippen LogP contribution in [-0.2, 0) is 19.4 Å². The van der Waals surface area contributed by atoms with E-state index in [1.165, 1.54) is 19.2 Å². The Kier molecular flexibility index (Phi) is 4.74. The summed E-state index contributed by atoms with van der Waals surface area (Å²) >= 11 is 3.34. The predicted octanol–water partition coefficient (Wildman–Crippen LogP) is 3.11. The van der Waals surface area contributed by atoms with E-state index in [0.717, 1.165) is 4.47 Å². The highest BCUT2D eigenvalue weighted by molar-refractivity contribution is 9.10. The van der Waals surface area contributed by atoms with Crippen molar-refractivity contribution in [3.63, 3.8) is 0 Å². The molecule has 2 aromatic carbocycles. The average molecular weight is 425 g/mol. The van der Waals surface area contributed by atoms with Gasteiger partial charge in [-0.3, -0.25) is 4.79 Å². The molecule has 1 N–H and O–H groups in total. The molecule has 1 fully saturated rings. The molecule has 0 unspecified atom stereocenters. The summed E-state index contributed by atoms with van der Waals surface area (Å²) < 4.78 is 32.2. The number of carboxylic acids is 1. The molecule has 25 heavy (non-hydrogen) atoms. The molecule has 1 aliphatic rings. The summed E-state index contributed by atoms with van der Waals surface area (Å²) in [7, 11) is -2.44. The second-order valence-corrected chi connectivity index (χ2v) is 9.07. The smallest absolute Gasteiger partial charge is 0.314 e. The van der Waals surface area contributed by atoms with Crippen LogP contribution in [0.4, 0.5) is 0 Å². The highest BCUT2D eigenvalue weighted by atomic mass is 79.9. The molecule has 0 saturated heterocycles. The maximum Gasteiger partial charge on any atom is 0.314 e. The largest absolute Gasteiger partial charge is 0.481 e. The molecule has 132 valence electrons.